The van der Waals surface area contributed by atoms with E-state index in [1.165, 1.54) is 6.92 Å². The van der Waals surface area contributed by atoms with Gasteiger partial charge in [-0.25, -0.2) is 4.79 Å². The van der Waals surface area contributed by atoms with Crippen LogP contribution in [-0.4, -0.2) is 331 Å². The van der Waals surface area contributed by atoms with Gasteiger partial charge in [0.2, 0.25) is 11.0 Å². The number of aliphatic carboxylic acids is 2. The molecule has 5 aliphatic carbocycles. The number of carbonyl (C=O) groups is 5. The number of carboxylic acid groups (broad SMARTS) is 2. The fourth-order valence-corrected chi connectivity index (χ4v) is 22.3. The lowest BCUT2D eigenvalue weighted by atomic mass is 9.33. The summed E-state index contributed by atoms with van der Waals surface area (Å²) in [4.78, 5) is 68.4. The highest BCUT2D eigenvalue weighted by Crippen LogP contribution is 2.76. The number of carboxylic acids is 2. The Morgan fingerprint density at radius 2 is 1.11 bits per heavy atom. The molecule has 0 bridgehead atoms. The average Bonchev–Trinajstić information content (AvgIpc) is 0.669. The molecule has 4 saturated carbocycles. The average molecular weight is 1620 g/mol. The molecule has 6 saturated heterocycles. The van der Waals surface area contributed by atoms with Crippen molar-refractivity contribution in [3.63, 3.8) is 0 Å². The number of carbonyl (C=O) groups excluding carboxylic acids is 3. The van der Waals surface area contributed by atoms with Crippen LogP contribution in [0.15, 0.2) is 11.6 Å². The summed E-state index contributed by atoms with van der Waals surface area (Å²) in [6, 6.07) is -1.40. The third-order valence-corrected chi connectivity index (χ3v) is 28.9. The topological polar surface area (TPSA) is 563 Å². The Bertz CT molecular complexity index is 3250. The molecule has 6 heterocycles. The number of hydrogen-bond donors (Lipinski definition) is 19. The molecule has 11 rings (SSSR count). The SMILES string of the molecule is CC1O[C@@H](OC2C(O)[C@@H](NC(=O)CCCCCCCCCCC(=O)O)C(CO)O[C@H]2SC(=O)[C@]23CCC(C)(C)CC2C2=CCC4C5(C)CC[C@H](O[C@@H]6OC(C(=O)O)[C@@H](O)[C@H](O[C@@H]7OC[C@@H](O)[C@H](O)C7O)C6O[C@@H]6OC(CO)[C@H](O)[C@H](O)C6O)[C@](C)(C=O)[C@@H]5CCC4(C)[C@]2(C)CC3O)C(O)C(O)[C@H]1O[C@@H]1OC[C@@H](O)C(O)C1O. The number of unbranched alkanes of at least 4 members (excludes halogenated alkanes) is 7. The smallest absolute Gasteiger partial charge is 0.335 e. The lowest BCUT2D eigenvalue weighted by Crippen LogP contribution is -2.69. The number of thioether (sulfide) groups is 1. The van der Waals surface area contributed by atoms with Crippen molar-refractivity contribution in [1.82, 2.24) is 5.32 Å². The summed E-state index contributed by atoms with van der Waals surface area (Å²) in [5.74, 6) is -4.44. The van der Waals surface area contributed by atoms with E-state index in [2.05, 4.69) is 46.0 Å². The minimum Gasteiger partial charge on any atom is -0.481 e. The maximum atomic E-state index is 16.3. The number of fused-ring (bicyclic) bond motifs is 7. The summed E-state index contributed by atoms with van der Waals surface area (Å²) in [6.45, 7) is 11.1. The van der Waals surface area contributed by atoms with Crippen LogP contribution in [0.2, 0.25) is 0 Å². The van der Waals surface area contributed by atoms with Gasteiger partial charge in [-0.05, 0) is 117 Å². The summed E-state index contributed by atoms with van der Waals surface area (Å²) in [5, 5.41) is 201. The molecule has 112 heavy (non-hydrogen) atoms. The molecule has 18 unspecified atom stereocenters. The molecule has 0 aromatic carbocycles. The highest BCUT2D eigenvalue weighted by molar-refractivity contribution is 8.14. The summed E-state index contributed by atoms with van der Waals surface area (Å²) in [5.41, 5.74) is -6.21. The molecule has 640 valence electrons. The van der Waals surface area contributed by atoms with E-state index in [1.807, 2.05) is 0 Å². The molecule has 38 atom stereocenters. The van der Waals surface area contributed by atoms with Gasteiger partial charge in [-0.1, -0.05) is 103 Å². The van der Waals surface area contributed by atoms with E-state index in [1.54, 1.807) is 6.92 Å². The van der Waals surface area contributed by atoms with Crippen molar-refractivity contribution in [3.8, 4) is 0 Å². The lowest BCUT2D eigenvalue weighted by molar-refractivity contribution is -0.391. The third-order valence-electron chi connectivity index (χ3n) is 27.7. The zero-order valence-electron chi connectivity index (χ0n) is 64.5. The number of aliphatic hydroxyl groups is 16. The number of ether oxygens (including phenoxy) is 11. The van der Waals surface area contributed by atoms with E-state index in [0.29, 0.717) is 69.5 Å². The number of rotatable bonds is 28. The van der Waals surface area contributed by atoms with Crippen molar-refractivity contribution >= 4 is 41.0 Å². The fraction of sp³-hybridized carbons (Fsp3) is 0.908. The minimum atomic E-state index is -2.23. The highest BCUT2D eigenvalue weighted by atomic mass is 32.2. The van der Waals surface area contributed by atoms with E-state index >= 15 is 4.79 Å². The molecule has 0 aromatic heterocycles. The Balaban J connectivity index is 0.854. The van der Waals surface area contributed by atoms with Crippen LogP contribution in [-0.2, 0) is 76.1 Å². The van der Waals surface area contributed by atoms with Gasteiger partial charge < -0.3 is 154 Å². The van der Waals surface area contributed by atoms with Crippen molar-refractivity contribution < 1.29 is 168 Å². The van der Waals surface area contributed by atoms with Gasteiger partial charge >= 0.3 is 11.9 Å². The minimum absolute atomic E-state index is 0.0117. The number of aliphatic hydroxyl groups excluding tert-OH is 16. The van der Waals surface area contributed by atoms with Crippen LogP contribution >= 0.6 is 11.8 Å². The van der Waals surface area contributed by atoms with Crippen LogP contribution in [0.25, 0.3) is 0 Å². The van der Waals surface area contributed by atoms with Gasteiger partial charge in [0, 0.05) is 12.8 Å². The van der Waals surface area contributed by atoms with Crippen LogP contribution in [0.1, 0.15) is 170 Å². The Kier molecular flexibility index (Phi) is 28.8. The molecule has 11 aliphatic rings. The fourth-order valence-electron chi connectivity index (χ4n) is 20.9. The van der Waals surface area contributed by atoms with Gasteiger partial charge in [-0.15, -0.1) is 0 Å². The summed E-state index contributed by atoms with van der Waals surface area (Å²) >= 11 is 0.627. The Hall–Kier alpha value is -3.24. The molecule has 0 radical (unpaired) electrons. The first-order valence-electron chi connectivity index (χ1n) is 39.8. The number of amides is 1. The van der Waals surface area contributed by atoms with Crippen LogP contribution < -0.4 is 5.32 Å². The normalized spacial score (nSPS) is 48.8. The number of aldehydes is 1. The van der Waals surface area contributed by atoms with Crippen molar-refractivity contribution in [2.75, 3.05) is 26.4 Å². The van der Waals surface area contributed by atoms with Gasteiger partial charge in [0.05, 0.1) is 61.6 Å². The van der Waals surface area contributed by atoms with Gasteiger partial charge in [-0.3, -0.25) is 14.4 Å². The second kappa shape index (κ2) is 36.0. The lowest BCUT2D eigenvalue weighted by Gasteiger charge is -2.71. The maximum Gasteiger partial charge on any atom is 0.335 e. The second-order valence-electron chi connectivity index (χ2n) is 35.1. The molecule has 19 N–H and O–H groups in total. The second-order valence-corrected chi connectivity index (χ2v) is 36.2. The Labute approximate surface area is 653 Å². The molecular formula is C76H121NO34S. The van der Waals surface area contributed by atoms with Crippen LogP contribution in [0.3, 0.4) is 0 Å². The quantitative estimate of drug-likeness (QED) is 0.0174. The molecule has 1 amide bonds. The van der Waals surface area contributed by atoms with Gasteiger partial charge in [-0.2, -0.15) is 0 Å². The largest absolute Gasteiger partial charge is 0.481 e. The van der Waals surface area contributed by atoms with Crippen molar-refractivity contribution in [2.45, 2.75) is 354 Å². The predicted octanol–water partition coefficient (Wildman–Crippen LogP) is -2.01. The highest BCUT2D eigenvalue weighted by Gasteiger charge is 2.73. The van der Waals surface area contributed by atoms with E-state index in [-0.39, 0.29) is 38.0 Å². The summed E-state index contributed by atoms with van der Waals surface area (Å²) in [6.07, 6.45) is -37.5. The van der Waals surface area contributed by atoms with Crippen molar-refractivity contribution in [3.05, 3.63) is 11.6 Å². The summed E-state index contributed by atoms with van der Waals surface area (Å²) in [7, 11) is 0. The standard InChI is InChI=1S/C76H121NO34S/c1-33-58(107-64-53(93)47(87)36(81)30-101-64)52(92)56(96)66(103-33)110-61-50(90)46(77-44(84)16-14-12-10-8-9-11-13-15-17-45(85)86)38(28-78)105-69(61)112-70(100)76-25-24-71(2,3)26-35(76)34-18-19-41-72(4)22-21-43(73(5,32-80)40(72)20-23-74(41,6)75(34,7)27-42(76)83)106-68-62(111-67-55(95)51(91)49(89)39(29-79)104-67)59(57(97)60(109-68)63(98)99)108-65-54(94)48(88)37(82)31-102-65/h18,32-33,35-43,46-62,64-69,78-79,81-83,87-97H,8-17,19-31H2,1-7H3,(H,77,84)(H,85,86)(H,98,99)/t33?,35?,36-,37-,38?,39?,40-,41?,42?,43+,46+,47?,48+,49+,50?,51+,52?,53?,54?,55?,56?,57+,58+,59+,60?,61?,62?,64+,65+,66+,67+,68-,69+,72?,73-,74?,75-,76-/m1/s1. The number of allylic oxidation sites excluding steroid dienone is 2. The van der Waals surface area contributed by atoms with Crippen LogP contribution in [0, 0.1) is 50.2 Å². The molecule has 36 heteroatoms. The Morgan fingerprint density at radius 3 is 1.71 bits per heavy atom. The van der Waals surface area contributed by atoms with Gasteiger partial charge in [0.25, 0.3) is 0 Å². The summed E-state index contributed by atoms with van der Waals surface area (Å²) < 4.78 is 66.9. The first kappa shape index (κ1) is 89.5. The molecular weight excluding hydrogens is 1500 g/mol. The van der Waals surface area contributed by atoms with E-state index in [4.69, 9.17) is 57.2 Å². The Morgan fingerprint density at radius 1 is 0.545 bits per heavy atom. The molecule has 35 nitrogen and oxygen atoms in total. The van der Waals surface area contributed by atoms with E-state index in [9.17, 15) is 106 Å². The van der Waals surface area contributed by atoms with Gasteiger partial charge in [0.1, 0.15) is 128 Å². The number of nitrogens with one attached hydrogen (secondary N) is 1. The van der Waals surface area contributed by atoms with Crippen LogP contribution in [0.4, 0.5) is 0 Å². The zero-order chi connectivity index (χ0) is 81.8. The molecule has 0 spiro atoms. The molecule has 10 fully saturated rings. The van der Waals surface area contributed by atoms with Crippen molar-refractivity contribution in [1.29, 1.82) is 0 Å². The first-order valence-corrected chi connectivity index (χ1v) is 40.6. The van der Waals surface area contributed by atoms with Crippen molar-refractivity contribution in [2.24, 2.45) is 50.2 Å². The monoisotopic (exact) mass is 1620 g/mol. The van der Waals surface area contributed by atoms with Crippen LogP contribution in [0.5, 0.6) is 0 Å². The number of hydrogen-bond acceptors (Lipinski definition) is 33. The third kappa shape index (κ3) is 17.2. The molecule has 6 aliphatic heterocycles. The molecule has 0 aromatic rings. The predicted molar refractivity (Wildman–Crippen MR) is 383 cm³/mol. The zero-order valence-corrected chi connectivity index (χ0v) is 65.3. The maximum absolute atomic E-state index is 16.3. The van der Waals surface area contributed by atoms with Gasteiger partial charge in [0.15, 0.2) is 37.6 Å². The van der Waals surface area contributed by atoms with E-state index < -0.39 is 277 Å². The first-order chi connectivity index (χ1) is 52.8. The van der Waals surface area contributed by atoms with E-state index in [0.717, 1.165) is 44.0 Å².